The van der Waals surface area contributed by atoms with Crippen LogP contribution < -0.4 is 5.56 Å². The number of rotatable bonds is 3. The maximum atomic E-state index is 12.1. The van der Waals surface area contributed by atoms with Gasteiger partial charge in [-0.2, -0.15) is 0 Å². The molecule has 21 heavy (non-hydrogen) atoms. The highest BCUT2D eigenvalue weighted by molar-refractivity contribution is 5.95. The van der Waals surface area contributed by atoms with Crippen molar-refractivity contribution in [1.29, 1.82) is 0 Å². The van der Waals surface area contributed by atoms with E-state index in [4.69, 9.17) is 5.11 Å². The molecule has 1 heterocycles. The van der Waals surface area contributed by atoms with E-state index in [1.54, 1.807) is 30.5 Å². The normalized spacial score (nSPS) is 10.7. The SMILES string of the molecule is O=C(O)Cc1ccc(-c2c(=O)[nH]cc3ccccc23)cc1. The van der Waals surface area contributed by atoms with Gasteiger partial charge in [0.2, 0.25) is 0 Å². The molecule has 3 aromatic rings. The number of fused-ring (bicyclic) bond motifs is 1. The van der Waals surface area contributed by atoms with Gasteiger partial charge in [0.25, 0.3) is 5.56 Å². The molecule has 0 aliphatic rings. The van der Waals surface area contributed by atoms with Crippen LogP contribution in [0, 0.1) is 0 Å². The third kappa shape index (κ3) is 2.56. The molecule has 0 amide bonds. The van der Waals surface area contributed by atoms with Crippen molar-refractivity contribution in [1.82, 2.24) is 4.98 Å². The van der Waals surface area contributed by atoms with Crippen LogP contribution in [-0.2, 0) is 11.2 Å². The van der Waals surface area contributed by atoms with Crippen molar-refractivity contribution >= 4 is 16.7 Å². The molecule has 0 bridgehead atoms. The number of H-pyrrole nitrogens is 1. The Labute approximate surface area is 120 Å². The molecule has 2 aromatic carbocycles. The summed E-state index contributed by atoms with van der Waals surface area (Å²) in [6.45, 7) is 0. The highest BCUT2D eigenvalue weighted by Gasteiger charge is 2.09. The number of carboxylic acid groups (broad SMARTS) is 1. The minimum Gasteiger partial charge on any atom is -0.481 e. The first-order valence-electron chi connectivity index (χ1n) is 6.57. The number of aromatic nitrogens is 1. The average Bonchev–Trinajstić information content (AvgIpc) is 2.48. The van der Waals surface area contributed by atoms with Crippen LogP contribution in [0.4, 0.5) is 0 Å². The first-order valence-corrected chi connectivity index (χ1v) is 6.57. The number of aromatic amines is 1. The highest BCUT2D eigenvalue weighted by atomic mass is 16.4. The number of benzene rings is 2. The Balaban J connectivity index is 2.14. The predicted molar refractivity (Wildman–Crippen MR) is 81.3 cm³/mol. The Morgan fingerprint density at radius 3 is 2.48 bits per heavy atom. The molecule has 0 saturated heterocycles. The summed E-state index contributed by atoms with van der Waals surface area (Å²) in [5, 5.41) is 10.6. The molecule has 1 aromatic heterocycles. The van der Waals surface area contributed by atoms with Gasteiger partial charge in [0.15, 0.2) is 0 Å². The number of hydrogen-bond donors (Lipinski definition) is 2. The quantitative estimate of drug-likeness (QED) is 0.774. The highest BCUT2D eigenvalue weighted by Crippen LogP contribution is 2.24. The lowest BCUT2D eigenvalue weighted by molar-refractivity contribution is -0.136. The van der Waals surface area contributed by atoms with Gasteiger partial charge in [-0.3, -0.25) is 9.59 Å². The number of nitrogens with one attached hydrogen (secondary N) is 1. The number of pyridine rings is 1. The fraction of sp³-hybridized carbons (Fsp3) is 0.0588. The van der Waals surface area contributed by atoms with E-state index in [1.165, 1.54) is 0 Å². The molecule has 0 aliphatic heterocycles. The van der Waals surface area contributed by atoms with Crippen molar-refractivity contribution in [2.75, 3.05) is 0 Å². The maximum absolute atomic E-state index is 12.1. The lowest BCUT2D eigenvalue weighted by Gasteiger charge is -2.06. The number of carbonyl (C=O) groups is 1. The molecule has 4 nitrogen and oxygen atoms in total. The van der Waals surface area contributed by atoms with E-state index in [9.17, 15) is 9.59 Å². The molecule has 0 atom stereocenters. The van der Waals surface area contributed by atoms with Crippen molar-refractivity contribution in [3.05, 3.63) is 70.6 Å². The Kier molecular flexibility index (Phi) is 3.28. The lowest BCUT2D eigenvalue weighted by atomic mass is 9.99. The molecule has 4 heteroatoms. The van der Waals surface area contributed by atoms with E-state index in [0.29, 0.717) is 11.1 Å². The second-order valence-electron chi connectivity index (χ2n) is 4.85. The van der Waals surface area contributed by atoms with Gasteiger partial charge in [-0.1, -0.05) is 48.5 Å². The summed E-state index contributed by atoms with van der Waals surface area (Å²) >= 11 is 0. The summed E-state index contributed by atoms with van der Waals surface area (Å²) in [4.78, 5) is 25.6. The summed E-state index contributed by atoms with van der Waals surface area (Å²) < 4.78 is 0. The molecule has 2 N–H and O–H groups in total. The van der Waals surface area contributed by atoms with Gasteiger partial charge in [0, 0.05) is 6.20 Å². The fourth-order valence-corrected chi connectivity index (χ4v) is 2.44. The first kappa shape index (κ1) is 13.1. The minimum atomic E-state index is -0.870. The molecule has 0 spiro atoms. The summed E-state index contributed by atoms with van der Waals surface area (Å²) in [5.41, 5.74) is 1.94. The molecule has 0 saturated carbocycles. The summed E-state index contributed by atoms with van der Waals surface area (Å²) in [7, 11) is 0. The van der Waals surface area contributed by atoms with Gasteiger partial charge in [-0.15, -0.1) is 0 Å². The van der Waals surface area contributed by atoms with Gasteiger partial charge in [-0.05, 0) is 21.9 Å². The van der Waals surface area contributed by atoms with E-state index < -0.39 is 5.97 Å². The second-order valence-corrected chi connectivity index (χ2v) is 4.85. The fourth-order valence-electron chi connectivity index (χ4n) is 2.44. The molecular weight excluding hydrogens is 266 g/mol. The lowest BCUT2D eigenvalue weighted by Crippen LogP contribution is -2.08. The molecule has 3 rings (SSSR count). The monoisotopic (exact) mass is 279 g/mol. The predicted octanol–water partition coefficient (Wildman–Crippen LogP) is 2.82. The Morgan fingerprint density at radius 1 is 1.05 bits per heavy atom. The van der Waals surface area contributed by atoms with Crippen LogP contribution in [0.5, 0.6) is 0 Å². The van der Waals surface area contributed by atoms with Crippen LogP contribution in [0.25, 0.3) is 21.9 Å². The molecule has 0 fully saturated rings. The Hall–Kier alpha value is -2.88. The van der Waals surface area contributed by atoms with E-state index in [1.807, 2.05) is 24.3 Å². The number of carboxylic acids is 1. The molecule has 0 aliphatic carbocycles. The van der Waals surface area contributed by atoms with Gasteiger partial charge in [0.05, 0.1) is 12.0 Å². The van der Waals surface area contributed by atoms with Crippen molar-refractivity contribution < 1.29 is 9.90 Å². The van der Waals surface area contributed by atoms with Crippen LogP contribution in [-0.4, -0.2) is 16.1 Å². The van der Waals surface area contributed by atoms with E-state index in [0.717, 1.165) is 16.3 Å². The minimum absolute atomic E-state index is 0.0217. The van der Waals surface area contributed by atoms with Crippen LogP contribution in [0.15, 0.2) is 59.5 Å². The summed E-state index contributed by atoms with van der Waals surface area (Å²) in [6, 6.07) is 14.7. The van der Waals surface area contributed by atoms with Crippen LogP contribution in [0.1, 0.15) is 5.56 Å². The average molecular weight is 279 g/mol. The number of aliphatic carboxylic acids is 1. The van der Waals surface area contributed by atoms with Crippen LogP contribution in [0.2, 0.25) is 0 Å². The van der Waals surface area contributed by atoms with Gasteiger partial charge >= 0.3 is 5.97 Å². The Morgan fingerprint density at radius 2 is 1.76 bits per heavy atom. The van der Waals surface area contributed by atoms with Crippen molar-refractivity contribution in [2.45, 2.75) is 6.42 Å². The summed E-state index contributed by atoms with van der Waals surface area (Å²) in [6.07, 6.45) is 1.67. The topological polar surface area (TPSA) is 70.2 Å². The van der Waals surface area contributed by atoms with Crippen molar-refractivity contribution in [3.8, 4) is 11.1 Å². The third-order valence-electron chi connectivity index (χ3n) is 3.41. The zero-order valence-electron chi connectivity index (χ0n) is 11.2. The van der Waals surface area contributed by atoms with E-state index >= 15 is 0 Å². The molecule has 0 radical (unpaired) electrons. The van der Waals surface area contributed by atoms with Crippen molar-refractivity contribution in [2.24, 2.45) is 0 Å². The van der Waals surface area contributed by atoms with Crippen molar-refractivity contribution in [3.63, 3.8) is 0 Å². The zero-order chi connectivity index (χ0) is 14.8. The molecule has 0 unspecified atom stereocenters. The Bertz CT molecular complexity index is 863. The summed E-state index contributed by atoms with van der Waals surface area (Å²) in [5.74, 6) is -0.870. The standard InChI is InChI=1S/C17H13NO3/c19-15(20)9-11-5-7-12(8-6-11)16-14-4-2-1-3-13(14)10-18-17(16)21/h1-8,10H,9H2,(H,18,21)(H,19,20). The van der Waals surface area contributed by atoms with E-state index in [-0.39, 0.29) is 12.0 Å². The maximum Gasteiger partial charge on any atom is 0.307 e. The second kappa shape index (κ2) is 5.25. The first-order chi connectivity index (χ1) is 10.1. The smallest absolute Gasteiger partial charge is 0.307 e. The van der Waals surface area contributed by atoms with Crippen LogP contribution >= 0.6 is 0 Å². The van der Waals surface area contributed by atoms with Crippen LogP contribution in [0.3, 0.4) is 0 Å². The largest absolute Gasteiger partial charge is 0.481 e. The molecular formula is C17H13NO3. The molecule has 104 valence electrons. The van der Waals surface area contributed by atoms with E-state index in [2.05, 4.69) is 4.98 Å². The van der Waals surface area contributed by atoms with Gasteiger partial charge in [0.1, 0.15) is 0 Å². The number of hydrogen-bond acceptors (Lipinski definition) is 2. The van der Waals surface area contributed by atoms with Gasteiger partial charge in [-0.25, -0.2) is 0 Å². The third-order valence-corrected chi connectivity index (χ3v) is 3.41. The zero-order valence-corrected chi connectivity index (χ0v) is 11.2. The van der Waals surface area contributed by atoms with Gasteiger partial charge < -0.3 is 10.1 Å².